The number of nitro groups is 1. The second kappa shape index (κ2) is 5.76. The van der Waals surface area contributed by atoms with Crippen molar-refractivity contribution in [1.29, 1.82) is 0 Å². The normalized spacial score (nSPS) is 17.7. The van der Waals surface area contributed by atoms with Gasteiger partial charge in [-0.25, -0.2) is 0 Å². The van der Waals surface area contributed by atoms with Gasteiger partial charge in [0.15, 0.2) is 0 Å². The Hall–Kier alpha value is -1.71. The first kappa shape index (κ1) is 12.7. The molecule has 1 fully saturated rings. The lowest BCUT2D eigenvalue weighted by atomic mass is 9.95. The summed E-state index contributed by atoms with van der Waals surface area (Å²) in [7, 11) is 0. The largest absolute Gasteiger partial charge is 0.286 e. The van der Waals surface area contributed by atoms with E-state index in [4.69, 9.17) is 4.99 Å². The highest BCUT2D eigenvalue weighted by molar-refractivity contribution is 5.98. The van der Waals surface area contributed by atoms with E-state index in [-0.39, 0.29) is 10.6 Å². The first-order chi connectivity index (χ1) is 8.66. The number of hydrogen-bond acceptors (Lipinski definition) is 3. The number of hydrogen-bond donors (Lipinski definition) is 0. The van der Waals surface area contributed by atoms with Crippen molar-refractivity contribution in [2.75, 3.05) is 0 Å². The minimum Gasteiger partial charge on any atom is -0.286 e. The van der Waals surface area contributed by atoms with Gasteiger partial charge in [-0.2, -0.15) is 0 Å². The maximum absolute atomic E-state index is 10.6. The molecule has 0 aromatic heterocycles. The molecule has 4 nitrogen and oxygen atoms in total. The Balaban J connectivity index is 2.09. The second-order valence-corrected chi connectivity index (χ2v) is 4.81. The summed E-state index contributed by atoms with van der Waals surface area (Å²) in [5, 5.41) is 10.6. The van der Waals surface area contributed by atoms with Crippen molar-refractivity contribution in [2.45, 2.75) is 45.1 Å². The van der Waals surface area contributed by atoms with Gasteiger partial charge in [0.1, 0.15) is 0 Å². The van der Waals surface area contributed by atoms with Gasteiger partial charge >= 0.3 is 0 Å². The van der Waals surface area contributed by atoms with E-state index in [9.17, 15) is 10.1 Å². The zero-order valence-electron chi connectivity index (χ0n) is 10.6. The number of nitrogens with zero attached hydrogens (tertiary/aromatic N) is 2. The molecule has 0 unspecified atom stereocenters. The molecule has 0 heterocycles. The summed E-state index contributed by atoms with van der Waals surface area (Å²) in [5.74, 6) is 0. The predicted molar refractivity (Wildman–Crippen MR) is 72.2 cm³/mol. The standard InChI is InChI=1S/C14H18N2O2/c1-11(15-13-5-3-2-4-6-13)12-7-9-14(10-8-12)16(17)18/h7-10,13H,2-6H2,1H3. The molecular weight excluding hydrogens is 228 g/mol. The van der Waals surface area contributed by atoms with Crippen molar-refractivity contribution in [3.63, 3.8) is 0 Å². The molecular formula is C14H18N2O2. The molecule has 4 heteroatoms. The predicted octanol–water partition coefficient (Wildman–Crippen LogP) is 3.74. The molecule has 1 saturated carbocycles. The van der Waals surface area contributed by atoms with E-state index >= 15 is 0 Å². The smallest absolute Gasteiger partial charge is 0.269 e. The van der Waals surface area contributed by atoms with Crippen molar-refractivity contribution in [3.8, 4) is 0 Å². The molecule has 1 aliphatic carbocycles. The van der Waals surface area contributed by atoms with Crippen LogP contribution in [0, 0.1) is 10.1 Å². The van der Waals surface area contributed by atoms with Crippen LogP contribution in [0.4, 0.5) is 5.69 Å². The third-order valence-electron chi connectivity index (χ3n) is 3.45. The Morgan fingerprint density at radius 3 is 2.39 bits per heavy atom. The highest BCUT2D eigenvalue weighted by Crippen LogP contribution is 2.21. The molecule has 0 N–H and O–H groups in total. The lowest BCUT2D eigenvalue weighted by molar-refractivity contribution is -0.384. The summed E-state index contributed by atoms with van der Waals surface area (Å²) in [6.07, 6.45) is 6.20. The third-order valence-corrected chi connectivity index (χ3v) is 3.45. The number of aliphatic imine (C=N–C) groups is 1. The summed E-state index contributed by atoms with van der Waals surface area (Å²) in [4.78, 5) is 14.9. The van der Waals surface area contributed by atoms with E-state index < -0.39 is 0 Å². The van der Waals surface area contributed by atoms with Crippen LogP contribution in [-0.4, -0.2) is 16.7 Å². The lowest BCUT2D eigenvalue weighted by Crippen LogP contribution is -2.12. The van der Waals surface area contributed by atoms with Crippen LogP contribution in [0.25, 0.3) is 0 Å². The van der Waals surface area contributed by atoms with Crippen molar-refractivity contribution in [1.82, 2.24) is 0 Å². The van der Waals surface area contributed by atoms with E-state index in [1.54, 1.807) is 12.1 Å². The molecule has 1 aromatic carbocycles. The molecule has 96 valence electrons. The summed E-state index contributed by atoms with van der Waals surface area (Å²) in [6.45, 7) is 1.98. The van der Waals surface area contributed by atoms with E-state index in [0.29, 0.717) is 6.04 Å². The van der Waals surface area contributed by atoms with E-state index in [1.165, 1.54) is 44.2 Å². The molecule has 18 heavy (non-hydrogen) atoms. The van der Waals surface area contributed by atoms with Gasteiger partial charge in [0.05, 0.1) is 11.0 Å². The van der Waals surface area contributed by atoms with Crippen LogP contribution in [0.1, 0.15) is 44.6 Å². The molecule has 2 rings (SSSR count). The van der Waals surface area contributed by atoms with Crippen molar-refractivity contribution < 1.29 is 4.92 Å². The van der Waals surface area contributed by atoms with Gasteiger partial charge in [-0.3, -0.25) is 15.1 Å². The maximum atomic E-state index is 10.6. The molecule has 0 aliphatic heterocycles. The molecule has 0 spiro atoms. The Morgan fingerprint density at radius 1 is 1.22 bits per heavy atom. The van der Waals surface area contributed by atoms with Crippen molar-refractivity contribution in [2.24, 2.45) is 4.99 Å². The highest BCUT2D eigenvalue weighted by Gasteiger charge is 2.12. The third kappa shape index (κ3) is 3.15. The fourth-order valence-electron chi connectivity index (χ4n) is 2.38. The minimum absolute atomic E-state index is 0.129. The van der Waals surface area contributed by atoms with Crippen LogP contribution in [0.2, 0.25) is 0 Å². The lowest BCUT2D eigenvalue weighted by Gasteiger charge is -2.18. The van der Waals surface area contributed by atoms with Gasteiger partial charge in [0.2, 0.25) is 0 Å². The molecule has 0 bridgehead atoms. The topological polar surface area (TPSA) is 55.5 Å². The molecule has 0 atom stereocenters. The fourth-order valence-corrected chi connectivity index (χ4v) is 2.38. The van der Waals surface area contributed by atoms with Crippen LogP contribution >= 0.6 is 0 Å². The van der Waals surface area contributed by atoms with Crippen LogP contribution in [-0.2, 0) is 0 Å². The van der Waals surface area contributed by atoms with E-state index in [1.807, 2.05) is 6.92 Å². The number of nitro benzene ring substituents is 1. The Kier molecular flexibility index (Phi) is 4.07. The summed E-state index contributed by atoms with van der Waals surface area (Å²) in [6, 6.07) is 7.07. The Labute approximate surface area is 107 Å². The van der Waals surface area contributed by atoms with E-state index in [2.05, 4.69) is 0 Å². The van der Waals surface area contributed by atoms with Gasteiger partial charge in [0.25, 0.3) is 5.69 Å². The fraction of sp³-hybridized carbons (Fsp3) is 0.500. The van der Waals surface area contributed by atoms with E-state index in [0.717, 1.165) is 11.3 Å². The molecule has 1 aromatic rings. The first-order valence-electron chi connectivity index (χ1n) is 6.46. The average Bonchev–Trinajstić information content (AvgIpc) is 2.40. The summed E-state index contributed by atoms with van der Waals surface area (Å²) >= 11 is 0. The molecule has 0 saturated heterocycles. The quantitative estimate of drug-likeness (QED) is 0.463. The van der Waals surface area contributed by atoms with Crippen LogP contribution in [0.5, 0.6) is 0 Å². The minimum atomic E-state index is -0.378. The first-order valence-corrected chi connectivity index (χ1v) is 6.46. The monoisotopic (exact) mass is 246 g/mol. The summed E-state index contributed by atoms with van der Waals surface area (Å²) in [5.41, 5.74) is 2.09. The summed E-state index contributed by atoms with van der Waals surface area (Å²) < 4.78 is 0. The van der Waals surface area contributed by atoms with Gasteiger partial charge in [-0.15, -0.1) is 0 Å². The van der Waals surface area contributed by atoms with Gasteiger partial charge < -0.3 is 0 Å². The highest BCUT2D eigenvalue weighted by atomic mass is 16.6. The molecule has 1 aliphatic rings. The van der Waals surface area contributed by atoms with Crippen molar-refractivity contribution >= 4 is 11.4 Å². The SMILES string of the molecule is CC(=NC1CCCCC1)c1ccc([N+](=O)[O-])cc1. The number of non-ortho nitro benzene ring substituents is 1. The zero-order chi connectivity index (χ0) is 13.0. The second-order valence-electron chi connectivity index (χ2n) is 4.81. The van der Waals surface area contributed by atoms with Gasteiger partial charge in [0, 0.05) is 17.8 Å². The van der Waals surface area contributed by atoms with Crippen LogP contribution in [0.3, 0.4) is 0 Å². The number of rotatable bonds is 3. The average molecular weight is 246 g/mol. The van der Waals surface area contributed by atoms with Crippen LogP contribution < -0.4 is 0 Å². The van der Waals surface area contributed by atoms with Gasteiger partial charge in [-0.05, 0) is 37.5 Å². The Morgan fingerprint density at radius 2 is 1.83 bits per heavy atom. The zero-order valence-corrected chi connectivity index (χ0v) is 10.6. The van der Waals surface area contributed by atoms with Crippen LogP contribution in [0.15, 0.2) is 29.3 Å². The Bertz CT molecular complexity index is 445. The number of benzene rings is 1. The molecule has 0 radical (unpaired) electrons. The molecule has 0 amide bonds. The van der Waals surface area contributed by atoms with Crippen molar-refractivity contribution in [3.05, 3.63) is 39.9 Å². The van der Waals surface area contributed by atoms with Gasteiger partial charge in [-0.1, -0.05) is 19.3 Å². The maximum Gasteiger partial charge on any atom is 0.269 e.